The highest BCUT2D eigenvalue weighted by molar-refractivity contribution is 5.86. The van der Waals surface area contributed by atoms with E-state index in [1.807, 2.05) is 4.90 Å². The van der Waals surface area contributed by atoms with Crippen LogP contribution >= 0.6 is 0 Å². The van der Waals surface area contributed by atoms with Gasteiger partial charge in [0, 0.05) is 38.0 Å². The van der Waals surface area contributed by atoms with Crippen LogP contribution < -0.4 is 5.32 Å². The van der Waals surface area contributed by atoms with Crippen molar-refractivity contribution >= 4 is 17.7 Å². The molecule has 2 heterocycles. The minimum absolute atomic E-state index is 0.0286. The molecular weight excluding hydrogens is 270 g/mol. The number of nitrogens with one attached hydrogen (secondary N) is 1. The number of rotatable bonds is 2. The van der Waals surface area contributed by atoms with E-state index in [-0.39, 0.29) is 36.1 Å². The minimum Gasteiger partial charge on any atom is -0.354 e. The summed E-state index contributed by atoms with van der Waals surface area (Å²) in [6.07, 6.45) is 4.34. The van der Waals surface area contributed by atoms with Gasteiger partial charge in [0.15, 0.2) is 0 Å². The molecule has 0 aromatic heterocycles. The van der Waals surface area contributed by atoms with Gasteiger partial charge in [0.05, 0.1) is 6.54 Å². The van der Waals surface area contributed by atoms with Crippen LogP contribution in [0.25, 0.3) is 0 Å². The van der Waals surface area contributed by atoms with Crippen LogP contribution in [-0.2, 0) is 14.4 Å². The van der Waals surface area contributed by atoms with E-state index < -0.39 is 0 Å². The number of hydrogen-bond acceptors (Lipinski definition) is 3. The van der Waals surface area contributed by atoms with E-state index >= 15 is 0 Å². The van der Waals surface area contributed by atoms with Gasteiger partial charge in [0.25, 0.3) is 0 Å². The Labute approximate surface area is 124 Å². The van der Waals surface area contributed by atoms with Gasteiger partial charge in [-0.2, -0.15) is 0 Å². The van der Waals surface area contributed by atoms with Crippen LogP contribution in [-0.4, -0.2) is 60.2 Å². The van der Waals surface area contributed by atoms with Crippen molar-refractivity contribution in [3.8, 4) is 0 Å². The SMILES string of the molecule is O=C1CN(C(=O)C2CCN(C(=O)C3CC3)CC2)CCCN1. The standard InChI is InChI=1S/C15H23N3O3/c19-13-10-18(7-1-6-16-13)15(21)12-4-8-17(9-5-12)14(20)11-2-3-11/h11-12H,1-10H2,(H,16,19). The lowest BCUT2D eigenvalue weighted by Gasteiger charge is -2.33. The van der Waals surface area contributed by atoms with Crippen molar-refractivity contribution in [2.24, 2.45) is 11.8 Å². The number of likely N-dealkylation sites (tertiary alicyclic amines) is 1. The summed E-state index contributed by atoms with van der Waals surface area (Å²) in [6.45, 7) is 2.85. The monoisotopic (exact) mass is 293 g/mol. The van der Waals surface area contributed by atoms with E-state index in [1.54, 1.807) is 4.90 Å². The fraction of sp³-hybridized carbons (Fsp3) is 0.800. The fourth-order valence-electron chi connectivity index (χ4n) is 3.19. The van der Waals surface area contributed by atoms with Crippen LogP contribution in [0.2, 0.25) is 0 Å². The fourth-order valence-corrected chi connectivity index (χ4v) is 3.19. The first-order chi connectivity index (χ1) is 10.1. The topological polar surface area (TPSA) is 69.7 Å². The lowest BCUT2D eigenvalue weighted by atomic mass is 9.95. The van der Waals surface area contributed by atoms with Crippen molar-refractivity contribution in [1.82, 2.24) is 15.1 Å². The van der Waals surface area contributed by atoms with Crippen LogP contribution in [0.3, 0.4) is 0 Å². The highest BCUT2D eigenvalue weighted by Gasteiger charge is 2.37. The van der Waals surface area contributed by atoms with Crippen molar-refractivity contribution in [2.75, 3.05) is 32.7 Å². The molecule has 6 nitrogen and oxygen atoms in total. The molecule has 3 rings (SSSR count). The Morgan fingerprint density at radius 1 is 0.905 bits per heavy atom. The Bertz CT molecular complexity index is 439. The van der Waals surface area contributed by atoms with E-state index in [2.05, 4.69) is 5.32 Å². The molecule has 0 aromatic carbocycles. The van der Waals surface area contributed by atoms with Crippen LogP contribution in [0.4, 0.5) is 0 Å². The van der Waals surface area contributed by atoms with E-state index in [0.29, 0.717) is 26.2 Å². The van der Waals surface area contributed by atoms with Gasteiger partial charge in [-0.05, 0) is 32.1 Å². The lowest BCUT2D eigenvalue weighted by Crippen LogP contribution is -2.46. The molecular formula is C15H23N3O3. The van der Waals surface area contributed by atoms with Crippen molar-refractivity contribution in [1.29, 1.82) is 0 Å². The van der Waals surface area contributed by atoms with E-state index in [1.165, 1.54) is 0 Å². The Morgan fingerprint density at radius 2 is 1.52 bits per heavy atom. The zero-order valence-corrected chi connectivity index (χ0v) is 12.3. The van der Waals surface area contributed by atoms with Crippen LogP contribution in [0.5, 0.6) is 0 Å². The lowest BCUT2D eigenvalue weighted by molar-refractivity contribution is -0.142. The number of amides is 3. The molecule has 2 aliphatic heterocycles. The Morgan fingerprint density at radius 3 is 2.19 bits per heavy atom. The summed E-state index contributed by atoms with van der Waals surface area (Å²) in [5.74, 6) is 0.522. The molecule has 3 amide bonds. The average molecular weight is 293 g/mol. The molecule has 1 aliphatic carbocycles. The highest BCUT2D eigenvalue weighted by atomic mass is 16.2. The molecule has 0 radical (unpaired) electrons. The first-order valence-corrected chi connectivity index (χ1v) is 7.99. The Hall–Kier alpha value is -1.59. The highest BCUT2D eigenvalue weighted by Crippen LogP contribution is 2.32. The Balaban J connectivity index is 1.52. The summed E-state index contributed by atoms with van der Waals surface area (Å²) in [4.78, 5) is 39.7. The second-order valence-electron chi connectivity index (χ2n) is 6.34. The van der Waals surface area contributed by atoms with Gasteiger partial charge in [-0.25, -0.2) is 0 Å². The van der Waals surface area contributed by atoms with Gasteiger partial charge in [0.1, 0.15) is 0 Å². The van der Waals surface area contributed by atoms with Gasteiger partial charge in [0.2, 0.25) is 17.7 Å². The van der Waals surface area contributed by atoms with Crippen molar-refractivity contribution < 1.29 is 14.4 Å². The number of nitrogens with zero attached hydrogens (tertiary/aromatic N) is 2. The number of carbonyl (C=O) groups is 3. The molecule has 0 unspecified atom stereocenters. The molecule has 116 valence electrons. The van der Waals surface area contributed by atoms with Gasteiger partial charge in [-0.15, -0.1) is 0 Å². The Kier molecular flexibility index (Phi) is 4.12. The van der Waals surface area contributed by atoms with E-state index in [4.69, 9.17) is 0 Å². The molecule has 2 saturated heterocycles. The predicted molar refractivity (Wildman–Crippen MR) is 76.2 cm³/mol. The maximum Gasteiger partial charge on any atom is 0.239 e. The molecule has 6 heteroatoms. The second kappa shape index (κ2) is 6.03. The first-order valence-electron chi connectivity index (χ1n) is 7.99. The maximum atomic E-state index is 12.5. The van der Waals surface area contributed by atoms with E-state index in [0.717, 1.165) is 32.1 Å². The third-order valence-electron chi connectivity index (χ3n) is 4.66. The van der Waals surface area contributed by atoms with Crippen molar-refractivity contribution in [3.63, 3.8) is 0 Å². The van der Waals surface area contributed by atoms with E-state index in [9.17, 15) is 14.4 Å². The van der Waals surface area contributed by atoms with Crippen LogP contribution in [0, 0.1) is 11.8 Å². The molecule has 1 N–H and O–H groups in total. The van der Waals surface area contributed by atoms with Crippen molar-refractivity contribution in [3.05, 3.63) is 0 Å². The van der Waals surface area contributed by atoms with Gasteiger partial charge in [-0.3, -0.25) is 14.4 Å². The largest absolute Gasteiger partial charge is 0.354 e. The zero-order valence-electron chi connectivity index (χ0n) is 12.3. The summed E-state index contributed by atoms with van der Waals surface area (Å²) >= 11 is 0. The van der Waals surface area contributed by atoms with Gasteiger partial charge >= 0.3 is 0 Å². The molecule has 3 fully saturated rings. The first kappa shape index (κ1) is 14.4. The third-order valence-corrected chi connectivity index (χ3v) is 4.66. The summed E-state index contributed by atoms with van der Waals surface area (Å²) in [5.41, 5.74) is 0. The smallest absolute Gasteiger partial charge is 0.239 e. The molecule has 3 aliphatic rings. The molecule has 0 atom stereocenters. The summed E-state index contributed by atoms with van der Waals surface area (Å²) in [7, 11) is 0. The number of carbonyl (C=O) groups excluding carboxylic acids is 3. The summed E-state index contributed by atoms with van der Waals surface area (Å²) < 4.78 is 0. The average Bonchev–Trinajstić information content (AvgIpc) is 3.33. The summed E-state index contributed by atoms with van der Waals surface area (Å²) in [6, 6.07) is 0. The molecule has 1 saturated carbocycles. The molecule has 0 spiro atoms. The molecule has 21 heavy (non-hydrogen) atoms. The number of piperidine rings is 1. The zero-order chi connectivity index (χ0) is 14.8. The third kappa shape index (κ3) is 3.36. The second-order valence-corrected chi connectivity index (χ2v) is 6.34. The maximum absolute atomic E-state index is 12.5. The number of hydrogen-bond donors (Lipinski definition) is 1. The molecule has 0 aromatic rings. The van der Waals surface area contributed by atoms with Crippen molar-refractivity contribution in [2.45, 2.75) is 32.1 Å². The summed E-state index contributed by atoms with van der Waals surface area (Å²) in [5, 5.41) is 2.79. The predicted octanol–water partition coefficient (Wildman–Crippen LogP) is -0.0165. The minimum atomic E-state index is -0.0674. The van der Waals surface area contributed by atoms with Crippen LogP contribution in [0.1, 0.15) is 32.1 Å². The quantitative estimate of drug-likeness (QED) is 0.778. The normalized spacial score (nSPS) is 24.5. The van der Waals surface area contributed by atoms with Crippen LogP contribution in [0.15, 0.2) is 0 Å². The molecule has 0 bridgehead atoms. The van der Waals surface area contributed by atoms with Gasteiger partial charge < -0.3 is 15.1 Å². The van der Waals surface area contributed by atoms with Gasteiger partial charge in [-0.1, -0.05) is 0 Å².